The van der Waals surface area contributed by atoms with Gasteiger partial charge in [0, 0.05) is 44.2 Å². The number of nitrogens with zero attached hydrogens (tertiary/aromatic N) is 2. The minimum Gasteiger partial charge on any atom is -0.423 e. The van der Waals surface area contributed by atoms with Crippen molar-refractivity contribution in [3.05, 3.63) is 74.6 Å². The molecule has 0 aliphatic carbocycles. The van der Waals surface area contributed by atoms with Gasteiger partial charge < -0.3 is 4.42 Å². The SMILES string of the molecule is Cc1ccc(C)c(S(=O)(=O)N2CCN(Cc3cc(=O)oc4cc(C)c(C)cc34)CC2)c1. The molecule has 0 amide bonds. The Morgan fingerprint density at radius 1 is 0.871 bits per heavy atom. The van der Waals surface area contributed by atoms with E-state index in [0.717, 1.165) is 33.2 Å². The van der Waals surface area contributed by atoms with Crippen molar-refractivity contribution in [3.8, 4) is 0 Å². The van der Waals surface area contributed by atoms with E-state index < -0.39 is 10.0 Å². The van der Waals surface area contributed by atoms with Gasteiger partial charge in [-0.15, -0.1) is 0 Å². The van der Waals surface area contributed by atoms with E-state index in [1.165, 1.54) is 0 Å². The van der Waals surface area contributed by atoms with E-state index in [1.807, 2.05) is 45.9 Å². The van der Waals surface area contributed by atoms with Crippen molar-refractivity contribution < 1.29 is 12.8 Å². The van der Waals surface area contributed by atoms with Crippen molar-refractivity contribution in [1.82, 2.24) is 9.21 Å². The van der Waals surface area contributed by atoms with E-state index in [1.54, 1.807) is 16.4 Å². The number of rotatable bonds is 4. The fourth-order valence-corrected chi connectivity index (χ4v) is 5.84. The molecule has 7 heteroatoms. The Balaban J connectivity index is 1.53. The van der Waals surface area contributed by atoms with Crippen molar-refractivity contribution >= 4 is 21.0 Å². The number of hydrogen-bond donors (Lipinski definition) is 0. The van der Waals surface area contributed by atoms with Gasteiger partial charge in [-0.1, -0.05) is 12.1 Å². The highest BCUT2D eigenvalue weighted by molar-refractivity contribution is 7.89. The number of fused-ring (bicyclic) bond motifs is 1. The maximum Gasteiger partial charge on any atom is 0.336 e. The monoisotopic (exact) mass is 440 g/mol. The van der Waals surface area contributed by atoms with Gasteiger partial charge in [-0.2, -0.15) is 4.31 Å². The molecule has 31 heavy (non-hydrogen) atoms. The average Bonchev–Trinajstić information content (AvgIpc) is 2.71. The van der Waals surface area contributed by atoms with Gasteiger partial charge in [-0.3, -0.25) is 4.90 Å². The molecular weight excluding hydrogens is 412 g/mol. The largest absolute Gasteiger partial charge is 0.423 e. The van der Waals surface area contributed by atoms with Crippen molar-refractivity contribution in [1.29, 1.82) is 0 Å². The third-order valence-corrected chi connectivity index (χ3v) is 8.17. The molecule has 1 saturated heterocycles. The Morgan fingerprint density at radius 2 is 1.55 bits per heavy atom. The van der Waals surface area contributed by atoms with Crippen LogP contribution in [0.4, 0.5) is 0 Å². The van der Waals surface area contributed by atoms with Gasteiger partial charge in [0.25, 0.3) is 0 Å². The first kappa shape index (κ1) is 21.7. The highest BCUT2D eigenvalue weighted by Gasteiger charge is 2.30. The summed E-state index contributed by atoms with van der Waals surface area (Å²) in [6.45, 7) is 10.4. The minimum absolute atomic E-state index is 0.359. The number of hydrogen-bond acceptors (Lipinski definition) is 5. The summed E-state index contributed by atoms with van der Waals surface area (Å²) in [6, 6.07) is 11.0. The topological polar surface area (TPSA) is 70.8 Å². The van der Waals surface area contributed by atoms with Crippen LogP contribution in [0, 0.1) is 27.7 Å². The fourth-order valence-electron chi connectivity index (χ4n) is 4.11. The first-order valence-electron chi connectivity index (χ1n) is 10.5. The molecule has 2 heterocycles. The lowest BCUT2D eigenvalue weighted by atomic mass is 10.0. The molecule has 0 radical (unpaired) electrons. The van der Waals surface area contributed by atoms with Crippen LogP contribution in [0.5, 0.6) is 0 Å². The molecule has 164 valence electrons. The van der Waals surface area contributed by atoms with E-state index in [4.69, 9.17) is 4.42 Å². The zero-order valence-corrected chi connectivity index (χ0v) is 19.3. The van der Waals surface area contributed by atoms with Crippen molar-refractivity contribution in [2.75, 3.05) is 26.2 Å². The van der Waals surface area contributed by atoms with Gasteiger partial charge in [0.2, 0.25) is 10.0 Å². The van der Waals surface area contributed by atoms with Crippen LogP contribution in [-0.4, -0.2) is 43.8 Å². The molecule has 0 saturated carbocycles. The van der Waals surface area contributed by atoms with Gasteiger partial charge in [-0.25, -0.2) is 13.2 Å². The van der Waals surface area contributed by atoms with Crippen molar-refractivity contribution in [2.24, 2.45) is 0 Å². The summed E-state index contributed by atoms with van der Waals surface area (Å²) < 4.78 is 33.3. The second kappa shape index (κ2) is 8.22. The Hall–Kier alpha value is -2.48. The molecule has 0 spiro atoms. The lowest BCUT2D eigenvalue weighted by Crippen LogP contribution is -2.48. The molecule has 0 atom stereocenters. The van der Waals surface area contributed by atoms with Gasteiger partial charge >= 0.3 is 5.63 Å². The summed E-state index contributed by atoms with van der Waals surface area (Å²) >= 11 is 0. The molecule has 3 aromatic rings. The van der Waals surface area contributed by atoms with Gasteiger partial charge in [-0.05, 0) is 73.7 Å². The molecule has 0 bridgehead atoms. The third kappa shape index (κ3) is 4.31. The highest BCUT2D eigenvalue weighted by atomic mass is 32.2. The predicted molar refractivity (Wildman–Crippen MR) is 122 cm³/mol. The van der Waals surface area contributed by atoms with E-state index >= 15 is 0 Å². The van der Waals surface area contributed by atoms with Crippen LogP contribution in [0.1, 0.15) is 27.8 Å². The van der Waals surface area contributed by atoms with Crippen LogP contribution >= 0.6 is 0 Å². The molecule has 1 aliphatic rings. The summed E-state index contributed by atoms with van der Waals surface area (Å²) in [5, 5.41) is 0.938. The third-order valence-electron chi connectivity index (χ3n) is 6.13. The number of aryl methyl sites for hydroxylation is 4. The smallest absolute Gasteiger partial charge is 0.336 e. The average molecular weight is 441 g/mol. The van der Waals surface area contributed by atoms with Gasteiger partial charge in [0.1, 0.15) is 5.58 Å². The fraction of sp³-hybridized carbons (Fsp3) is 0.375. The zero-order chi connectivity index (χ0) is 22.3. The Bertz CT molecular complexity index is 1300. The van der Waals surface area contributed by atoms with Crippen LogP contribution in [0.3, 0.4) is 0 Å². The first-order chi connectivity index (χ1) is 14.6. The van der Waals surface area contributed by atoms with Crippen molar-refractivity contribution in [3.63, 3.8) is 0 Å². The first-order valence-corrected chi connectivity index (χ1v) is 11.9. The lowest BCUT2D eigenvalue weighted by Gasteiger charge is -2.34. The Labute approximate surface area is 183 Å². The maximum atomic E-state index is 13.2. The summed E-state index contributed by atoms with van der Waals surface area (Å²) in [6.07, 6.45) is 0. The zero-order valence-electron chi connectivity index (χ0n) is 18.4. The molecule has 1 aliphatic heterocycles. The van der Waals surface area contributed by atoms with E-state index in [-0.39, 0.29) is 5.63 Å². The summed E-state index contributed by atoms with van der Waals surface area (Å²) in [7, 11) is -3.52. The molecule has 0 N–H and O–H groups in total. The summed E-state index contributed by atoms with van der Waals surface area (Å²) in [5.74, 6) is 0. The molecule has 4 rings (SSSR count). The van der Waals surface area contributed by atoms with Crippen LogP contribution < -0.4 is 5.63 Å². The Kier molecular flexibility index (Phi) is 5.77. The normalized spacial score (nSPS) is 16.1. The minimum atomic E-state index is -3.52. The predicted octanol–water partition coefficient (Wildman–Crippen LogP) is 3.53. The van der Waals surface area contributed by atoms with E-state index in [0.29, 0.717) is 43.2 Å². The number of piperazine rings is 1. The highest BCUT2D eigenvalue weighted by Crippen LogP contribution is 2.25. The molecule has 2 aromatic carbocycles. The van der Waals surface area contributed by atoms with Crippen LogP contribution in [0.25, 0.3) is 11.0 Å². The van der Waals surface area contributed by atoms with Gasteiger partial charge in [0.15, 0.2) is 0 Å². The number of benzene rings is 2. The molecule has 6 nitrogen and oxygen atoms in total. The van der Waals surface area contributed by atoms with Crippen LogP contribution in [-0.2, 0) is 16.6 Å². The quantitative estimate of drug-likeness (QED) is 0.581. The van der Waals surface area contributed by atoms with Crippen molar-refractivity contribution in [2.45, 2.75) is 39.1 Å². The van der Waals surface area contributed by atoms with E-state index in [9.17, 15) is 13.2 Å². The second-order valence-corrected chi connectivity index (χ2v) is 10.4. The number of sulfonamides is 1. The molecule has 0 unspecified atom stereocenters. The second-order valence-electron chi connectivity index (χ2n) is 8.47. The lowest BCUT2D eigenvalue weighted by molar-refractivity contribution is 0.182. The van der Waals surface area contributed by atoms with Crippen LogP contribution in [0.15, 0.2) is 50.5 Å². The molecular formula is C24H28N2O4S. The van der Waals surface area contributed by atoms with E-state index in [2.05, 4.69) is 11.0 Å². The standard InChI is InChI=1S/C24H28N2O4S/c1-16-5-6-17(2)23(11-16)31(28,29)26-9-7-25(8-10-26)15-20-14-24(27)30-22-13-19(4)18(3)12-21(20)22/h5-6,11-14H,7-10,15H2,1-4H3. The Morgan fingerprint density at radius 3 is 2.26 bits per heavy atom. The van der Waals surface area contributed by atoms with Crippen LogP contribution in [0.2, 0.25) is 0 Å². The van der Waals surface area contributed by atoms with Gasteiger partial charge in [0.05, 0.1) is 4.90 Å². The maximum absolute atomic E-state index is 13.2. The molecule has 1 fully saturated rings. The molecule has 1 aromatic heterocycles. The summed E-state index contributed by atoms with van der Waals surface area (Å²) in [4.78, 5) is 14.6. The summed E-state index contributed by atoms with van der Waals surface area (Å²) in [5.41, 5.74) is 5.08.